The number of rotatable bonds is 3. The van der Waals surface area contributed by atoms with Crippen molar-refractivity contribution in [2.45, 2.75) is 0 Å². The first-order valence-electron chi connectivity index (χ1n) is 3.81. The molecular weight excluding hydrogens is 184 g/mol. The van der Waals surface area contributed by atoms with Crippen LogP contribution in [0, 0.1) is 10.1 Å². The molecule has 0 aliphatic carbocycles. The van der Waals surface area contributed by atoms with Crippen LogP contribution in [0.4, 0.5) is 5.69 Å². The first kappa shape index (κ1) is 9.91. The van der Waals surface area contributed by atoms with Crippen molar-refractivity contribution in [1.82, 2.24) is 0 Å². The minimum Gasteiger partial charge on any atom is -0.399 e. The highest BCUT2D eigenvalue weighted by Gasteiger charge is 2.02. The predicted molar refractivity (Wildman–Crippen MR) is 51.3 cm³/mol. The van der Waals surface area contributed by atoms with Crippen LogP contribution < -0.4 is 5.73 Å². The van der Waals surface area contributed by atoms with E-state index in [1.807, 2.05) is 0 Å². The molecule has 5 nitrogen and oxygen atoms in total. The van der Waals surface area contributed by atoms with Gasteiger partial charge in [-0.25, -0.2) is 0 Å². The molecule has 0 unspecified atom stereocenters. The summed E-state index contributed by atoms with van der Waals surface area (Å²) in [5, 5.41) is 9.94. The van der Waals surface area contributed by atoms with E-state index in [2.05, 4.69) is 0 Å². The van der Waals surface area contributed by atoms with Crippen molar-refractivity contribution < 1.29 is 9.72 Å². The second-order valence-electron chi connectivity index (χ2n) is 2.59. The van der Waals surface area contributed by atoms with Crippen LogP contribution in [-0.4, -0.2) is 10.7 Å². The van der Waals surface area contributed by atoms with Crippen LogP contribution in [0.25, 0.3) is 0 Å². The highest BCUT2D eigenvalue weighted by atomic mass is 16.6. The van der Waals surface area contributed by atoms with Gasteiger partial charge in [-0.1, -0.05) is 0 Å². The summed E-state index contributed by atoms with van der Waals surface area (Å²) in [4.78, 5) is 20.5. The molecule has 5 heteroatoms. The third-order valence-electron chi connectivity index (χ3n) is 1.54. The van der Waals surface area contributed by atoms with Gasteiger partial charge in [0.15, 0.2) is 5.78 Å². The fourth-order valence-corrected chi connectivity index (χ4v) is 0.872. The van der Waals surface area contributed by atoms with Crippen LogP contribution in [-0.2, 0) is 0 Å². The summed E-state index contributed by atoms with van der Waals surface area (Å²) in [6, 6.07) is 6.16. The second-order valence-corrected chi connectivity index (χ2v) is 2.59. The van der Waals surface area contributed by atoms with E-state index < -0.39 is 10.7 Å². The van der Waals surface area contributed by atoms with Crippen LogP contribution in [0.5, 0.6) is 0 Å². The average molecular weight is 192 g/mol. The number of allylic oxidation sites excluding steroid dienone is 1. The standard InChI is InChI=1S/C9H8N2O3/c10-8-3-1-7(2-4-8)9(12)5-6-11(13)14/h1-6H,10H2. The van der Waals surface area contributed by atoms with Crippen molar-refractivity contribution in [3.8, 4) is 0 Å². The topological polar surface area (TPSA) is 86.2 Å². The molecule has 1 aromatic carbocycles. The minimum absolute atomic E-state index is 0.373. The number of nitrogen functional groups attached to an aromatic ring is 1. The Morgan fingerprint density at radius 3 is 2.43 bits per heavy atom. The molecule has 0 bridgehead atoms. The van der Waals surface area contributed by atoms with E-state index in [9.17, 15) is 14.9 Å². The molecule has 0 atom stereocenters. The number of hydrogen-bond acceptors (Lipinski definition) is 4. The molecule has 0 fully saturated rings. The van der Waals surface area contributed by atoms with Crippen molar-refractivity contribution >= 4 is 11.5 Å². The summed E-state index contributed by atoms with van der Waals surface area (Å²) in [6.45, 7) is 0. The Kier molecular flexibility index (Phi) is 2.96. The molecule has 0 aliphatic rings. The third kappa shape index (κ3) is 2.71. The Morgan fingerprint density at radius 1 is 1.36 bits per heavy atom. The molecule has 2 N–H and O–H groups in total. The van der Waals surface area contributed by atoms with Crippen LogP contribution in [0.2, 0.25) is 0 Å². The van der Waals surface area contributed by atoms with Gasteiger partial charge in [0, 0.05) is 11.3 Å². The Hall–Kier alpha value is -2.17. The maximum Gasteiger partial charge on any atom is 0.238 e. The number of ketones is 1. The number of benzene rings is 1. The fraction of sp³-hybridized carbons (Fsp3) is 0. The van der Waals surface area contributed by atoms with Crippen molar-refractivity contribution in [3.05, 3.63) is 52.2 Å². The van der Waals surface area contributed by atoms with E-state index in [0.717, 1.165) is 6.08 Å². The highest BCUT2D eigenvalue weighted by Crippen LogP contribution is 2.06. The Balaban J connectivity index is 2.80. The fourth-order valence-electron chi connectivity index (χ4n) is 0.872. The number of nitrogens with zero attached hydrogens (tertiary/aromatic N) is 1. The van der Waals surface area contributed by atoms with Crippen LogP contribution >= 0.6 is 0 Å². The summed E-state index contributed by atoms with van der Waals surface area (Å²) >= 11 is 0. The minimum atomic E-state index is -0.685. The van der Waals surface area contributed by atoms with Gasteiger partial charge in [-0.2, -0.15) is 0 Å². The zero-order valence-corrected chi connectivity index (χ0v) is 7.21. The summed E-state index contributed by atoms with van der Waals surface area (Å²) in [5.74, 6) is -0.415. The molecule has 14 heavy (non-hydrogen) atoms. The average Bonchev–Trinajstić information content (AvgIpc) is 2.15. The molecule has 0 aliphatic heterocycles. The zero-order chi connectivity index (χ0) is 10.6. The normalized spacial score (nSPS) is 10.3. The first-order chi connectivity index (χ1) is 6.59. The molecule has 0 spiro atoms. The SMILES string of the molecule is Nc1ccc(C(=O)C=C[N+](=O)[O-])cc1. The second kappa shape index (κ2) is 4.18. The lowest BCUT2D eigenvalue weighted by Crippen LogP contribution is -1.96. The quantitative estimate of drug-likeness (QED) is 0.256. The molecule has 0 heterocycles. The number of nitrogens with two attached hydrogens (primary N) is 1. The van der Waals surface area contributed by atoms with E-state index in [0.29, 0.717) is 17.5 Å². The van der Waals surface area contributed by atoms with E-state index in [1.165, 1.54) is 12.1 Å². The molecule has 0 saturated carbocycles. The van der Waals surface area contributed by atoms with Crippen LogP contribution in [0.3, 0.4) is 0 Å². The third-order valence-corrected chi connectivity index (χ3v) is 1.54. The largest absolute Gasteiger partial charge is 0.399 e. The lowest BCUT2D eigenvalue weighted by molar-refractivity contribution is -0.402. The van der Waals surface area contributed by atoms with Crippen molar-refractivity contribution in [2.75, 3.05) is 5.73 Å². The van der Waals surface area contributed by atoms with Gasteiger partial charge >= 0.3 is 0 Å². The molecule has 0 amide bonds. The van der Waals surface area contributed by atoms with Gasteiger partial charge in [-0.05, 0) is 24.3 Å². The Labute approximate surface area is 80.0 Å². The summed E-state index contributed by atoms with van der Waals surface area (Å²) < 4.78 is 0. The summed E-state index contributed by atoms with van der Waals surface area (Å²) in [5.41, 5.74) is 6.33. The van der Waals surface area contributed by atoms with Gasteiger partial charge in [0.05, 0.1) is 11.0 Å². The lowest BCUT2D eigenvalue weighted by atomic mass is 10.1. The van der Waals surface area contributed by atoms with Gasteiger partial charge < -0.3 is 5.73 Å². The molecule has 72 valence electrons. The van der Waals surface area contributed by atoms with Crippen molar-refractivity contribution in [2.24, 2.45) is 0 Å². The van der Waals surface area contributed by atoms with Gasteiger partial charge in [-0.15, -0.1) is 0 Å². The molecule has 0 aromatic heterocycles. The predicted octanol–water partition coefficient (Wildman–Crippen LogP) is 1.24. The lowest BCUT2D eigenvalue weighted by Gasteiger charge is -1.95. The van der Waals surface area contributed by atoms with Gasteiger partial charge in [0.2, 0.25) is 6.20 Å². The van der Waals surface area contributed by atoms with E-state index in [-0.39, 0.29) is 0 Å². The molecule has 0 radical (unpaired) electrons. The number of carbonyl (C=O) groups is 1. The number of anilines is 1. The first-order valence-corrected chi connectivity index (χ1v) is 3.81. The maximum absolute atomic E-state index is 11.2. The maximum atomic E-state index is 11.2. The van der Waals surface area contributed by atoms with E-state index in [4.69, 9.17) is 5.73 Å². The monoisotopic (exact) mass is 192 g/mol. The Morgan fingerprint density at radius 2 is 1.93 bits per heavy atom. The molecule has 1 aromatic rings. The number of carbonyl (C=O) groups excluding carboxylic acids is 1. The molecular formula is C9H8N2O3. The molecule has 0 saturated heterocycles. The highest BCUT2D eigenvalue weighted by molar-refractivity contribution is 6.04. The summed E-state index contributed by atoms with van der Waals surface area (Å²) in [6.07, 6.45) is 1.52. The zero-order valence-electron chi connectivity index (χ0n) is 7.21. The smallest absolute Gasteiger partial charge is 0.238 e. The van der Waals surface area contributed by atoms with Crippen LogP contribution in [0.15, 0.2) is 36.5 Å². The summed E-state index contributed by atoms with van der Waals surface area (Å²) in [7, 11) is 0. The number of hydrogen-bond donors (Lipinski definition) is 1. The molecule has 1 rings (SSSR count). The van der Waals surface area contributed by atoms with Crippen LogP contribution in [0.1, 0.15) is 10.4 Å². The van der Waals surface area contributed by atoms with E-state index >= 15 is 0 Å². The van der Waals surface area contributed by atoms with Crippen molar-refractivity contribution in [1.29, 1.82) is 0 Å². The van der Waals surface area contributed by atoms with Gasteiger partial charge in [0.1, 0.15) is 0 Å². The Bertz CT molecular complexity index is 382. The van der Waals surface area contributed by atoms with Gasteiger partial charge in [0.25, 0.3) is 0 Å². The van der Waals surface area contributed by atoms with Crippen molar-refractivity contribution in [3.63, 3.8) is 0 Å². The number of nitro groups is 1. The van der Waals surface area contributed by atoms with E-state index in [1.54, 1.807) is 12.1 Å². The van der Waals surface area contributed by atoms with Gasteiger partial charge in [-0.3, -0.25) is 14.9 Å².